The molecule has 1 fully saturated rings. The number of aromatic hydroxyl groups is 1. The van der Waals surface area contributed by atoms with E-state index in [2.05, 4.69) is 31.9 Å². The molecule has 3 rings (SSSR count). The summed E-state index contributed by atoms with van der Waals surface area (Å²) >= 11 is 7.01. The van der Waals surface area contributed by atoms with Crippen LogP contribution < -0.4 is 9.64 Å². The van der Waals surface area contributed by atoms with Gasteiger partial charge in [0, 0.05) is 17.2 Å². The Morgan fingerprint density at radius 3 is 2.28 bits per heavy atom. The molecule has 0 unspecified atom stereocenters. The van der Waals surface area contributed by atoms with E-state index in [1.165, 1.54) is 4.90 Å². The molecule has 1 saturated carbocycles. The first-order valence-corrected chi connectivity index (χ1v) is 12.3. The number of nitrogens with zero attached hydrogens (tertiary/aromatic N) is 1. The molecule has 32 heavy (non-hydrogen) atoms. The Balaban J connectivity index is 1.91. The Labute approximate surface area is 204 Å². The molecule has 0 saturated heterocycles. The highest BCUT2D eigenvalue weighted by atomic mass is 79.9. The van der Waals surface area contributed by atoms with Crippen molar-refractivity contribution in [2.24, 2.45) is 5.92 Å². The third-order valence-corrected chi connectivity index (χ3v) is 6.83. The molecule has 0 aliphatic heterocycles. The zero-order valence-electron chi connectivity index (χ0n) is 18.1. The second-order valence-electron chi connectivity index (χ2n) is 8.37. The Morgan fingerprint density at radius 1 is 1.09 bits per heavy atom. The largest absolute Gasteiger partial charge is 0.508 e. The molecule has 2 aromatic rings. The van der Waals surface area contributed by atoms with Crippen LogP contribution in [0.2, 0.25) is 0 Å². The van der Waals surface area contributed by atoms with Crippen molar-refractivity contribution in [1.82, 2.24) is 0 Å². The van der Waals surface area contributed by atoms with Gasteiger partial charge in [0.25, 0.3) is 0 Å². The first-order chi connectivity index (χ1) is 15.2. The van der Waals surface area contributed by atoms with Crippen molar-refractivity contribution in [3.05, 3.63) is 44.8 Å². The Bertz CT molecular complexity index is 979. The van der Waals surface area contributed by atoms with E-state index < -0.39 is 12.5 Å². The van der Waals surface area contributed by atoms with Gasteiger partial charge in [0.05, 0.1) is 8.95 Å². The van der Waals surface area contributed by atoms with Crippen molar-refractivity contribution in [3.63, 3.8) is 0 Å². The molecule has 0 radical (unpaired) electrons. The van der Waals surface area contributed by atoms with Gasteiger partial charge in [-0.05, 0) is 81.0 Å². The third kappa shape index (κ3) is 5.84. The topological polar surface area (TPSA) is 87.1 Å². The van der Waals surface area contributed by atoms with E-state index in [-0.39, 0.29) is 23.5 Å². The highest BCUT2D eigenvalue weighted by Gasteiger charge is 2.29. The van der Waals surface area contributed by atoms with Crippen LogP contribution >= 0.6 is 31.9 Å². The number of benzene rings is 2. The van der Waals surface area contributed by atoms with Gasteiger partial charge >= 0.3 is 5.97 Å². The molecule has 172 valence electrons. The van der Waals surface area contributed by atoms with Gasteiger partial charge in [0.15, 0.2) is 5.75 Å². The van der Waals surface area contributed by atoms with E-state index in [1.54, 1.807) is 30.3 Å². The van der Waals surface area contributed by atoms with Crippen molar-refractivity contribution in [1.29, 1.82) is 0 Å². The normalized spacial score (nSPS) is 14.4. The van der Waals surface area contributed by atoms with Gasteiger partial charge < -0.3 is 19.8 Å². The van der Waals surface area contributed by atoms with E-state index in [9.17, 15) is 19.8 Å². The molecule has 0 heterocycles. The maximum Gasteiger partial charge on any atom is 0.323 e. The quantitative estimate of drug-likeness (QED) is 0.382. The monoisotopic (exact) mass is 567 g/mol. The zero-order valence-corrected chi connectivity index (χ0v) is 21.3. The van der Waals surface area contributed by atoms with E-state index in [0.29, 0.717) is 26.1 Å². The molecule has 8 heteroatoms. The number of carboxylic acids is 1. The standard InChI is InChI=1S/C24H27Br2NO5/c1-14(2)18-12-17(8-9-21(18)28)32-23-19(25)10-16(11-20(23)26)27(13-22(29)30)24(31)15-6-4-3-5-7-15/h8-12,14-15,28H,3-7,13H2,1-2H3,(H,29,30). The lowest BCUT2D eigenvalue weighted by atomic mass is 9.88. The molecule has 0 aromatic heterocycles. The highest BCUT2D eigenvalue weighted by molar-refractivity contribution is 9.11. The number of amides is 1. The Kier molecular flexibility index (Phi) is 8.22. The molecule has 1 aliphatic rings. The van der Waals surface area contributed by atoms with Crippen LogP contribution in [0.4, 0.5) is 5.69 Å². The molecule has 0 bridgehead atoms. The molecule has 1 aliphatic carbocycles. The fourth-order valence-electron chi connectivity index (χ4n) is 3.98. The van der Waals surface area contributed by atoms with Gasteiger partial charge in [-0.15, -0.1) is 0 Å². The van der Waals surface area contributed by atoms with Crippen LogP contribution in [0.25, 0.3) is 0 Å². The number of phenolic OH excluding ortho intramolecular Hbond substituents is 1. The highest BCUT2D eigenvalue weighted by Crippen LogP contribution is 2.42. The van der Waals surface area contributed by atoms with Crippen molar-refractivity contribution < 1.29 is 24.5 Å². The van der Waals surface area contributed by atoms with Crippen molar-refractivity contribution in [2.75, 3.05) is 11.4 Å². The van der Waals surface area contributed by atoms with Crippen molar-refractivity contribution >= 4 is 49.4 Å². The lowest BCUT2D eigenvalue weighted by Gasteiger charge is -2.29. The van der Waals surface area contributed by atoms with E-state index >= 15 is 0 Å². The molecule has 1 amide bonds. The van der Waals surface area contributed by atoms with E-state index in [1.807, 2.05) is 13.8 Å². The summed E-state index contributed by atoms with van der Waals surface area (Å²) in [4.78, 5) is 26.0. The summed E-state index contributed by atoms with van der Waals surface area (Å²) in [6, 6.07) is 8.47. The minimum Gasteiger partial charge on any atom is -0.508 e. The smallest absolute Gasteiger partial charge is 0.323 e. The summed E-state index contributed by atoms with van der Waals surface area (Å²) < 4.78 is 7.21. The van der Waals surface area contributed by atoms with Gasteiger partial charge in [-0.1, -0.05) is 33.1 Å². The second-order valence-corrected chi connectivity index (χ2v) is 10.1. The number of carbonyl (C=O) groups excluding carboxylic acids is 1. The molecule has 2 N–H and O–H groups in total. The van der Waals surface area contributed by atoms with Crippen molar-refractivity contribution in [2.45, 2.75) is 51.9 Å². The summed E-state index contributed by atoms with van der Waals surface area (Å²) in [6.07, 6.45) is 4.67. The zero-order chi connectivity index (χ0) is 23.4. The second kappa shape index (κ2) is 10.7. The number of hydrogen-bond acceptors (Lipinski definition) is 4. The number of carboxylic acid groups (broad SMARTS) is 1. The number of rotatable bonds is 7. The molecular weight excluding hydrogens is 542 g/mol. The predicted octanol–water partition coefficient (Wildman–Crippen LogP) is 6.83. The summed E-state index contributed by atoms with van der Waals surface area (Å²) in [5, 5.41) is 19.5. The number of hydrogen-bond donors (Lipinski definition) is 2. The average Bonchev–Trinajstić information content (AvgIpc) is 2.75. The average molecular weight is 569 g/mol. The fraction of sp³-hybridized carbons (Fsp3) is 0.417. The lowest BCUT2D eigenvalue weighted by molar-refractivity contribution is -0.137. The summed E-state index contributed by atoms with van der Waals surface area (Å²) in [6.45, 7) is 3.57. The number of phenols is 1. The van der Waals surface area contributed by atoms with Crippen LogP contribution in [0, 0.1) is 5.92 Å². The minimum atomic E-state index is -1.06. The van der Waals surface area contributed by atoms with Gasteiger partial charge in [-0.3, -0.25) is 9.59 Å². The van der Waals surface area contributed by atoms with Crippen LogP contribution in [0.3, 0.4) is 0 Å². The number of ether oxygens (including phenoxy) is 1. The fourth-order valence-corrected chi connectivity index (χ4v) is 5.30. The Hall–Kier alpha value is -2.06. The Morgan fingerprint density at radius 2 is 1.72 bits per heavy atom. The maximum absolute atomic E-state index is 13.1. The first kappa shape index (κ1) is 24.6. The van der Waals surface area contributed by atoms with Gasteiger partial charge in [0.2, 0.25) is 5.91 Å². The summed E-state index contributed by atoms with van der Waals surface area (Å²) in [5.74, 6) is 0.0279. The predicted molar refractivity (Wildman–Crippen MR) is 131 cm³/mol. The van der Waals surface area contributed by atoms with E-state index in [0.717, 1.165) is 37.7 Å². The van der Waals surface area contributed by atoms with Gasteiger partial charge in [0.1, 0.15) is 18.0 Å². The van der Waals surface area contributed by atoms with E-state index in [4.69, 9.17) is 4.74 Å². The third-order valence-electron chi connectivity index (χ3n) is 5.65. The SMILES string of the molecule is CC(C)c1cc(Oc2c(Br)cc(N(CC(=O)O)C(=O)C3CCCCC3)cc2Br)ccc1O. The molecule has 0 atom stereocenters. The molecular formula is C24H27Br2NO5. The van der Waals surface area contributed by atoms with Crippen molar-refractivity contribution in [3.8, 4) is 17.2 Å². The van der Waals surface area contributed by atoms with Crippen LogP contribution in [0.15, 0.2) is 39.3 Å². The van der Waals surface area contributed by atoms with Crippen LogP contribution in [0.1, 0.15) is 57.4 Å². The molecule has 2 aromatic carbocycles. The summed E-state index contributed by atoms with van der Waals surface area (Å²) in [5.41, 5.74) is 1.26. The summed E-state index contributed by atoms with van der Waals surface area (Å²) in [7, 11) is 0. The first-order valence-electron chi connectivity index (χ1n) is 10.7. The van der Waals surface area contributed by atoms with Crippen LogP contribution in [-0.2, 0) is 9.59 Å². The minimum absolute atomic E-state index is 0.128. The molecule has 6 nitrogen and oxygen atoms in total. The van der Waals surface area contributed by atoms with Gasteiger partial charge in [-0.2, -0.15) is 0 Å². The number of anilines is 1. The van der Waals surface area contributed by atoms with Crippen LogP contribution in [0.5, 0.6) is 17.2 Å². The number of carbonyl (C=O) groups is 2. The maximum atomic E-state index is 13.1. The van der Waals surface area contributed by atoms with Crippen LogP contribution in [-0.4, -0.2) is 28.6 Å². The van der Waals surface area contributed by atoms with Gasteiger partial charge in [-0.25, -0.2) is 0 Å². The number of aliphatic carboxylic acids is 1. The molecule has 0 spiro atoms. The lowest BCUT2D eigenvalue weighted by Crippen LogP contribution is -2.40. The number of halogens is 2.